The third-order valence-electron chi connectivity index (χ3n) is 5.57. The van der Waals surface area contributed by atoms with E-state index in [2.05, 4.69) is 28.9 Å². The number of hydrogen-bond acceptors (Lipinski definition) is 5. The number of benzene rings is 3. The van der Waals surface area contributed by atoms with Gasteiger partial charge in [-0.15, -0.1) is 0 Å². The molecule has 0 aliphatic carbocycles. The van der Waals surface area contributed by atoms with Crippen molar-refractivity contribution in [1.29, 1.82) is 0 Å². The third kappa shape index (κ3) is 4.29. The first kappa shape index (κ1) is 21.3. The fraction of sp³-hybridized carbons (Fsp3) is 0.292. The van der Waals surface area contributed by atoms with Crippen molar-refractivity contribution in [2.45, 2.75) is 30.2 Å². The Balaban J connectivity index is 1.63. The summed E-state index contributed by atoms with van der Waals surface area (Å²) in [7, 11) is -3.81. The molecule has 1 N–H and O–H groups in total. The Morgan fingerprint density at radius 1 is 0.968 bits per heavy atom. The largest absolute Gasteiger partial charge is 0.494 e. The van der Waals surface area contributed by atoms with Crippen LogP contribution in [0.2, 0.25) is 0 Å². The van der Waals surface area contributed by atoms with Gasteiger partial charge in [0.25, 0.3) is 0 Å². The summed E-state index contributed by atoms with van der Waals surface area (Å²) in [6.45, 7) is 7.89. The maximum absolute atomic E-state index is 13.5. The first-order chi connectivity index (χ1) is 15.0. The second-order valence-electron chi connectivity index (χ2n) is 7.45. The van der Waals surface area contributed by atoms with Crippen molar-refractivity contribution in [1.82, 2.24) is 15.1 Å². The number of fused-ring (bicyclic) bond motifs is 2. The van der Waals surface area contributed by atoms with E-state index in [1.165, 1.54) is 0 Å². The molecule has 162 valence electrons. The minimum atomic E-state index is -3.81. The predicted octanol–water partition coefficient (Wildman–Crippen LogP) is 4.66. The molecule has 4 aromatic rings. The quantitative estimate of drug-likeness (QED) is 0.386. The minimum Gasteiger partial charge on any atom is -0.494 e. The van der Waals surface area contributed by atoms with Crippen molar-refractivity contribution in [3.8, 4) is 5.75 Å². The summed E-state index contributed by atoms with van der Waals surface area (Å²) < 4.78 is 32.9. The molecular formula is C24H27N3O3S. The van der Waals surface area contributed by atoms with Crippen LogP contribution in [0.5, 0.6) is 5.75 Å². The number of nitrogens with zero attached hydrogens (tertiary/aromatic N) is 2. The Labute approximate surface area is 182 Å². The summed E-state index contributed by atoms with van der Waals surface area (Å²) in [5.74, 6) is 0.641. The van der Waals surface area contributed by atoms with Gasteiger partial charge in [-0.05, 0) is 49.2 Å². The fourth-order valence-electron chi connectivity index (χ4n) is 3.82. The molecule has 4 rings (SSSR count). The summed E-state index contributed by atoms with van der Waals surface area (Å²) in [6, 6.07) is 18.2. The molecule has 1 aromatic heterocycles. The van der Waals surface area contributed by atoms with Gasteiger partial charge in [-0.2, -0.15) is 5.10 Å². The SMILES string of the molecule is CCN(CC)CCCOc1ccc2[nH]nc(S(=O)(=O)c3cccc4ccccc34)c2c1. The molecule has 0 amide bonds. The van der Waals surface area contributed by atoms with Crippen molar-refractivity contribution < 1.29 is 13.2 Å². The maximum atomic E-state index is 13.5. The standard InChI is InChI=1S/C24H27N3O3S/c1-3-27(4-2)15-8-16-30-19-13-14-22-21(17-19)24(26-25-22)31(28,29)23-12-7-10-18-9-5-6-11-20(18)23/h5-7,9-14,17H,3-4,8,15-16H2,1-2H3,(H,25,26). The highest BCUT2D eigenvalue weighted by Crippen LogP contribution is 2.32. The van der Waals surface area contributed by atoms with Gasteiger partial charge in [0, 0.05) is 17.3 Å². The molecule has 31 heavy (non-hydrogen) atoms. The van der Waals surface area contributed by atoms with Crippen LogP contribution < -0.4 is 4.74 Å². The molecule has 6 nitrogen and oxygen atoms in total. The number of rotatable bonds is 9. The molecule has 0 aliphatic heterocycles. The monoisotopic (exact) mass is 437 g/mol. The number of ether oxygens (including phenoxy) is 1. The Bertz CT molecular complexity index is 1290. The molecule has 0 atom stereocenters. The topological polar surface area (TPSA) is 75.3 Å². The fourth-order valence-corrected chi connectivity index (χ4v) is 5.38. The Morgan fingerprint density at radius 3 is 2.55 bits per heavy atom. The van der Waals surface area contributed by atoms with Gasteiger partial charge in [0.2, 0.25) is 9.84 Å². The number of nitrogens with one attached hydrogen (secondary N) is 1. The lowest BCUT2D eigenvalue weighted by Gasteiger charge is -2.17. The van der Waals surface area contributed by atoms with Gasteiger partial charge >= 0.3 is 0 Å². The van der Waals surface area contributed by atoms with Crippen molar-refractivity contribution in [2.24, 2.45) is 0 Å². The van der Waals surface area contributed by atoms with E-state index >= 15 is 0 Å². The zero-order valence-electron chi connectivity index (χ0n) is 17.8. The predicted molar refractivity (Wildman–Crippen MR) is 123 cm³/mol. The lowest BCUT2D eigenvalue weighted by molar-refractivity contribution is 0.249. The highest BCUT2D eigenvalue weighted by Gasteiger charge is 2.25. The van der Waals surface area contributed by atoms with E-state index < -0.39 is 9.84 Å². The Hall–Kier alpha value is -2.90. The molecule has 7 heteroatoms. The van der Waals surface area contributed by atoms with Crippen molar-refractivity contribution >= 4 is 31.5 Å². The molecule has 0 fully saturated rings. The van der Waals surface area contributed by atoms with E-state index in [4.69, 9.17) is 4.74 Å². The number of aromatic nitrogens is 2. The van der Waals surface area contributed by atoms with E-state index in [1.807, 2.05) is 42.5 Å². The van der Waals surface area contributed by atoms with E-state index in [0.29, 0.717) is 28.6 Å². The Kier molecular flexibility index (Phi) is 6.25. The van der Waals surface area contributed by atoms with Gasteiger partial charge < -0.3 is 9.64 Å². The van der Waals surface area contributed by atoms with Crippen LogP contribution in [0.15, 0.2) is 70.6 Å². The highest BCUT2D eigenvalue weighted by atomic mass is 32.2. The smallest absolute Gasteiger partial charge is 0.226 e. The maximum Gasteiger partial charge on any atom is 0.226 e. The zero-order chi connectivity index (χ0) is 21.8. The Morgan fingerprint density at radius 2 is 1.74 bits per heavy atom. The van der Waals surface area contributed by atoms with E-state index in [-0.39, 0.29) is 9.92 Å². The normalized spacial score (nSPS) is 12.1. The molecule has 0 aliphatic rings. The number of aromatic amines is 1. The molecule has 0 unspecified atom stereocenters. The van der Waals surface area contributed by atoms with Gasteiger partial charge in [0.15, 0.2) is 5.03 Å². The summed E-state index contributed by atoms with van der Waals surface area (Å²) in [6.07, 6.45) is 0.909. The highest BCUT2D eigenvalue weighted by molar-refractivity contribution is 7.91. The summed E-state index contributed by atoms with van der Waals surface area (Å²) in [5, 5.41) is 9.12. The molecular weight excluding hydrogens is 410 g/mol. The number of H-pyrrole nitrogens is 1. The van der Waals surface area contributed by atoms with E-state index in [9.17, 15) is 8.42 Å². The second-order valence-corrected chi connectivity index (χ2v) is 9.28. The number of sulfone groups is 1. The zero-order valence-corrected chi connectivity index (χ0v) is 18.7. The van der Waals surface area contributed by atoms with Gasteiger partial charge in [-0.3, -0.25) is 5.10 Å². The minimum absolute atomic E-state index is 0.0208. The van der Waals surface area contributed by atoms with E-state index in [0.717, 1.165) is 31.4 Å². The molecule has 0 saturated carbocycles. The van der Waals surface area contributed by atoms with Crippen molar-refractivity contribution in [3.05, 3.63) is 60.7 Å². The van der Waals surface area contributed by atoms with E-state index in [1.54, 1.807) is 18.2 Å². The lowest BCUT2D eigenvalue weighted by atomic mass is 10.1. The van der Waals surface area contributed by atoms with Gasteiger partial charge in [0.05, 0.1) is 17.0 Å². The second kappa shape index (κ2) is 9.08. The average Bonchev–Trinajstić information content (AvgIpc) is 3.23. The van der Waals surface area contributed by atoms with Crippen LogP contribution >= 0.6 is 0 Å². The summed E-state index contributed by atoms with van der Waals surface area (Å²) >= 11 is 0. The van der Waals surface area contributed by atoms with Gasteiger partial charge in [-0.25, -0.2) is 8.42 Å². The average molecular weight is 438 g/mol. The molecule has 0 bridgehead atoms. The van der Waals surface area contributed by atoms with Crippen LogP contribution in [-0.2, 0) is 9.84 Å². The summed E-state index contributed by atoms with van der Waals surface area (Å²) in [4.78, 5) is 2.60. The van der Waals surface area contributed by atoms with Crippen LogP contribution in [-0.4, -0.2) is 49.8 Å². The van der Waals surface area contributed by atoms with Crippen molar-refractivity contribution in [3.63, 3.8) is 0 Å². The number of hydrogen-bond donors (Lipinski definition) is 1. The first-order valence-corrected chi connectivity index (χ1v) is 12.1. The first-order valence-electron chi connectivity index (χ1n) is 10.6. The molecule has 1 heterocycles. The molecule has 0 spiro atoms. The van der Waals surface area contributed by atoms with Crippen LogP contribution in [0.4, 0.5) is 0 Å². The third-order valence-corrected chi connectivity index (χ3v) is 7.33. The molecule has 0 saturated heterocycles. The molecule has 3 aromatic carbocycles. The lowest BCUT2D eigenvalue weighted by Crippen LogP contribution is -2.25. The van der Waals surface area contributed by atoms with Crippen molar-refractivity contribution in [2.75, 3.05) is 26.2 Å². The van der Waals surface area contributed by atoms with Gasteiger partial charge in [-0.1, -0.05) is 50.2 Å². The van der Waals surface area contributed by atoms with Gasteiger partial charge in [0.1, 0.15) is 5.75 Å². The molecule has 0 radical (unpaired) electrons. The van der Waals surface area contributed by atoms with Crippen LogP contribution in [0.3, 0.4) is 0 Å². The van der Waals surface area contributed by atoms with Crippen LogP contribution in [0, 0.1) is 0 Å². The van der Waals surface area contributed by atoms with Crippen LogP contribution in [0.1, 0.15) is 20.3 Å². The summed E-state index contributed by atoms with van der Waals surface area (Å²) in [5.41, 5.74) is 0.661. The van der Waals surface area contributed by atoms with Crippen LogP contribution in [0.25, 0.3) is 21.7 Å².